The number of aromatic nitrogens is 5. The Kier molecular flexibility index (Phi) is 4.68. The molecule has 9 heteroatoms. The number of hydrogen-bond donors (Lipinski definition) is 1. The van der Waals surface area contributed by atoms with Crippen molar-refractivity contribution < 1.29 is 9.18 Å². The van der Waals surface area contributed by atoms with Crippen molar-refractivity contribution in [3.05, 3.63) is 54.4 Å². The first-order valence-corrected chi connectivity index (χ1v) is 10.5. The van der Waals surface area contributed by atoms with Gasteiger partial charge >= 0.3 is 6.03 Å². The SMILES string of the molecule is Cc1ccc(NC(=O)N2[C@@H]3C[C@@H](C)C[C@@]2(Cn2nccn2)C3)cc1-c1ncc(F)cn1. The number of anilines is 1. The number of nitrogens with zero attached hydrogens (tertiary/aromatic N) is 6. The summed E-state index contributed by atoms with van der Waals surface area (Å²) < 4.78 is 13.2. The number of urea groups is 1. The Bertz CT molecular complexity index is 1100. The fourth-order valence-electron chi connectivity index (χ4n) is 5.22. The zero-order valence-corrected chi connectivity index (χ0v) is 17.5. The summed E-state index contributed by atoms with van der Waals surface area (Å²) in [6.45, 7) is 4.76. The van der Waals surface area contributed by atoms with Crippen molar-refractivity contribution in [3.8, 4) is 11.4 Å². The summed E-state index contributed by atoms with van der Waals surface area (Å²) in [5.41, 5.74) is 2.09. The molecule has 0 spiro atoms. The van der Waals surface area contributed by atoms with Crippen molar-refractivity contribution in [2.24, 2.45) is 5.92 Å². The number of hydrogen-bond acceptors (Lipinski definition) is 5. The molecule has 2 aliphatic heterocycles. The number of benzene rings is 1. The first kappa shape index (κ1) is 19.6. The highest BCUT2D eigenvalue weighted by atomic mass is 19.1. The molecule has 2 fully saturated rings. The van der Waals surface area contributed by atoms with E-state index in [-0.39, 0.29) is 17.6 Å². The molecule has 2 aromatic heterocycles. The Hall–Kier alpha value is -3.36. The van der Waals surface area contributed by atoms with E-state index in [9.17, 15) is 9.18 Å². The summed E-state index contributed by atoms with van der Waals surface area (Å²) in [5.74, 6) is 0.493. The second-order valence-corrected chi connectivity index (χ2v) is 8.74. The van der Waals surface area contributed by atoms with Gasteiger partial charge in [-0.05, 0) is 49.8 Å². The lowest BCUT2D eigenvalue weighted by atomic mass is 9.64. The Labute approximate surface area is 179 Å². The van der Waals surface area contributed by atoms with Crippen LogP contribution in [0.1, 0.15) is 31.7 Å². The van der Waals surface area contributed by atoms with E-state index < -0.39 is 5.82 Å². The molecular weight excluding hydrogens is 397 g/mol. The van der Waals surface area contributed by atoms with Crippen LogP contribution in [0, 0.1) is 18.7 Å². The number of nitrogens with one attached hydrogen (secondary N) is 1. The molecule has 31 heavy (non-hydrogen) atoms. The topological polar surface area (TPSA) is 88.8 Å². The molecule has 8 nitrogen and oxygen atoms in total. The van der Waals surface area contributed by atoms with Gasteiger partial charge in [-0.2, -0.15) is 15.0 Å². The van der Waals surface area contributed by atoms with E-state index in [2.05, 4.69) is 32.4 Å². The lowest BCUT2D eigenvalue weighted by Crippen LogP contribution is -2.73. The van der Waals surface area contributed by atoms with Crippen LogP contribution in [0.3, 0.4) is 0 Å². The third-order valence-corrected chi connectivity index (χ3v) is 6.37. The van der Waals surface area contributed by atoms with Crippen molar-refractivity contribution in [1.29, 1.82) is 0 Å². The Morgan fingerprint density at radius 1 is 1.23 bits per heavy atom. The number of fused-ring (bicyclic) bond motifs is 2. The summed E-state index contributed by atoms with van der Waals surface area (Å²) in [4.78, 5) is 25.1. The highest BCUT2D eigenvalue weighted by Gasteiger charge is 2.58. The van der Waals surface area contributed by atoms with Gasteiger partial charge in [0.1, 0.15) is 0 Å². The summed E-state index contributed by atoms with van der Waals surface area (Å²) in [6, 6.07) is 5.70. The zero-order chi connectivity index (χ0) is 21.6. The predicted molar refractivity (Wildman–Crippen MR) is 113 cm³/mol. The molecule has 2 saturated heterocycles. The molecule has 5 rings (SSSR count). The number of aryl methyl sites for hydroxylation is 1. The van der Waals surface area contributed by atoms with Crippen LogP contribution < -0.4 is 5.32 Å². The molecule has 4 heterocycles. The van der Waals surface area contributed by atoms with E-state index in [0.717, 1.165) is 42.8 Å². The number of halogens is 1. The van der Waals surface area contributed by atoms with E-state index in [1.54, 1.807) is 17.2 Å². The molecule has 1 N–H and O–H groups in total. The molecule has 2 bridgehead atoms. The van der Waals surface area contributed by atoms with Crippen molar-refractivity contribution in [3.63, 3.8) is 0 Å². The van der Waals surface area contributed by atoms with Crippen LogP contribution in [0.5, 0.6) is 0 Å². The normalized spacial score (nSPS) is 24.5. The molecule has 0 saturated carbocycles. The zero-order valence-electron chi connectivity index (χ0n) is 17.5. The second kappa shape index (κ2) is 7.40. The van der Waals surface area contributed by atoms with E-state index in [1.165, 1.54) is 0 Å². The molecule has 3 aromatic rings. The smallest absolute Gasteiger partial charge is 0.314 e. The Morgan fingerprint density at radius 3 is 2.71 bits per heavy atom. The first-order valence-electron chi connectivity index (χ1n) is 10.5. The number of piperidine rings is 1. The highest BCUT2D eigenvalue weighted by molar-refractivity contribution is 5.91. The number of amides is 2. The van der Waals surface area contributed by atoms with Gasteiger partial charge in [-0.3, -0.25) is 0 Å². The molecule has 3 atom stereocenters. The molecule has 0 radical (unpaired) electrons. The average Bonchev–Trinajstić information content (AvgIpc) is 3.22. The standard InChI is InChI=1S/C22H24FN7O/c1-14-7-18-10-22(9-14,13-29-26-5-6-27-29)30(18)21(31)28-17-4-3-15(2)19(8-17)20-24-11-16(23)12-25-20/h3-6,8,11-12,14,18H,7,9-10,13H2,1-2H3,(H,28,31)/t14-,18-,22+/m1/s1. The quantitative estimate of drug-likeness (QED) is 0.695. The molecule has 2 amide bonds. The predicted octanol–water partition coefficient (Wildman–Crippen LogP) is 3.66. The Balaban J connectivity index is 1.38. The van der Waals surface area contributed by atoms with E-state index in [1.807, 2.05) is 30.0 Å². The highest BCUT2D eigenvalue weighted by Crippen LogP contribution is 2.50. The van der Waals surface area contributed by atoms with E-state index in [4.69, 9.17) is 0 Å². The lowest BCUT2D eigenvalue weighted by molar-refractivity contribution is -0.102. The minimum Gasteiger partial charge on any atom is -0.314 e. The maximum atomic E-state index is 13.3. The van der Waals surface area contributed by atoms with Gasteiger partial charge < -0.3 is 10.2 Å². The maximum absolute atomic E-state index is 13.3. The van der Waals surface area contributed by atoms with Crippen LogP contribution in [-0.2, 0) is 6.54 Å². The van der Waals surface area contributed by atoms with Gasteiger partial charge in [0.15, 0.2) is 11.6 Å². The third kappa shape index (κ3) is 3.54. The summed E-state index contributed by atoms with van der Waals surface area (Å²) in [5, 5.41) is 11.5. The van der Waals surface area contributed by atoms with Crippen LogP contribution in [0.25, 0.3) is 11.4 Å². The largest absolute Gasteiger partial charge is 0.322 e. The van der Waals surface area contributed by atoms with E-state index in [0.29, 0.717) is 24.0 Å². The summed E-state index contributed by atoms with van der Waals surface area (Å²) >= 11 is 0. The average molecular weight is 421 g/mol. The number of carbonyl (C=O) groups excluding carboxylic acids is 1. The van der Waals surface area contributed by atoms with Crippen molar-refractivity contribution >= 4 is 11.7 Å². The molecule has 1 aromatic carbocycles. The fraction of sp³-hybridized carbons (Fsp3) is 0.409. The lowest BCUT2D eigenvalue weighted by Gasteiger charge is -2.63. The van der Waals surface area contributed by atoms with Crippen LogP contribution in [0.2, 0.25) is 0 Å². The van der Waals surface area contributed by atoms with Gasteiger partial charge in [-0.25, -0.2) is 19.2 Å². The molecule has 0 aliphatic carbocycles. The summed E-state index contributed by atoms with van der Waals surface area (Å²) in [6.07, 6.45) is 8.51. The molecule has 2 aliphatic rings. The van der Waals surface area contributed by atoms with Crippen LogP contribution >= 0.6 is 0 Å². The molecular formula is C22H24FN7O. The van der Waals surface area contributed by atoms with Crippen LogP contribution in [0.15, 0.2) is 43.0 Å². The van der Waals surface area contributed by atoms with Gasteiger partial charge in [0, 0.05) is 17.3 Å². The number of carbonyl (C=O) groups is 1. The van der Waals surface area contributed by atoms with Crippen molar-refractivity contribution in [2.75, 3.05) is 5.32 Å². The van der Waals surface area contributed by atoms with Crippen LogP contribution in [-0.4, -0.2) is 47.5 Å². The van der Waals surface area contributed by atoms with Crippen molar-refractivity contribution in [2.45, 2.75) is 51.2 Å². The molecule has 160 valence electrons. The van der Waals surface area contributed by atoms with E-state index >= 15 is 0 Å². The Morgan fingerprint density at radius 2 is 1.97 bits per heavy atom. The fourth-order valence-corrected chi connectivity index (χ4v) is 5.22. The van der Waals surface area contributed by atoms with Gasteiger partial charge in [-0.15, -0.1) is 0 Å². The summed E-state index contributed by atoms with van der Waals surface area (Å²) in [7, 11) is 0. The number of rotatable bonds is 4. The van der Waals surface area contributed by atoms with Gasteiger partial charge in [0.05, 0.1) is 36.9 Å². The second-order valence-electron chi connectivity index (χ2n) is 8.74. The van der Waals surface area contributed by atoms with Gasteiger partial charge in [-0.1, -0.05) is 13.0 Å². The van der Waals surface area contributed by atoms with Gasteiger partial charge in [0.25, 0.3) is 0 Å². The van der Waals surface area contributed by atoms with Crippen molar-refractivity contribution in [1.82, 2.24) is 29.9 Å². The maximum Gasteiger partial charge on any atom is 0.322 e. The third-order valence-electron chi connectivity index (χ3n) is 6.37. The van der Waals surface area contributed by atoms with Gasteiger partial charge in [0.2, 0.25) is 0 Å². The monoisotopic (exact) mass is 421 g/mol. The minimum absolute atomic E-state index is 0.120. The van der Waals surface area contributed by atoms with Crippen LogP contribution in [0.4, 0.5) is 14.9 Å². The first-order chi connectivity index (χ1) is 14.9. The molecule has 0 unspecified atom stereocenters. The minimum atomic E-state index is -0.485.